The zero-order chi connectivity index (χ0) is 14.5. The van der Waals surface area contributed by atoms with Crippen LogP contribution in [-0.4, -0.2) is 40.2 Å². The molecule has 110 valence electrons. The predicted octanol–water partition coefficient (Wildman–Crippen LogP) is 1.37. The Kier molecular flexibility index (Phi) is 4.98. The lowest BCUT2D eigenvalue weighted by molar-refractivity contribution is 0.0695. The molecule has 0 amide bonds. The summed E-state index contributed by atoms with van der Waals surface area (Å²) in [6.07, 6.45) is 1.87. The molecule has 1 aliphatic heterocycles. The van der Waals surface area contributed by atoms with Crippen molar-refractivity contribution in [3.63, 3.8) is 0 Å². The average molecular weight is 277 g/mol. The van der Waals surface area contributed by atoms with Crippen molar-refractivity contribution in [2.75, 3.05) is 13.1 Å². The molecule has 1 aromatic rings. The summed E-state index contributed by atoms with van der Waals surface area (Å²) < 4.78 is 0. The van der Waals surface area contributed by atoms with Gasteiger partial charge in [0.25, 0.3) is 0 Å². The highest BCUT2D eigenvalue weighted by atomic mass is 16.4. The second kappa shape index (κ2) is 6.72. The molecule has 0 saturated carbocycles. The number of piperidine rings is 1. The van der Waals surface area contributed by atoms with Gasteiger partial charge in [0.05, 0.1) is 6.10 Å². The Morgan fingerprint density at radius 1 is 1.45 bits per heavy atom. The molecule has 5 heteroatoms. The number of nitrogens with two attached hydrogens (primary N) is 1. The minimum atomic E-state index is -0.207. The van der Waals surface area contributed by atoms with Gasteiger partial charge in [-0.1, -0.05) is 23.4 Å². The molecule has 20 heavy (non-hydrogen) atoms. The van der Waals surface area contributed by atoms with E-state index in [0.29, 0.717) is 5.92 Å². The summed E-state index contributed by atoms with van der Waals surface area (Å²) in [5, 5.41) is 21.3. The summed E-state index contributed by atoms with van der Waals surface area (Å²) in [5.41, 5.74) is 7.50. The van der Waals surface area contributed by atoms with Crippen LogP contribution < -0.4 is 5.73 Å². The Morgan fingerprint density at radius 2 is 2.15 bits per heavy atom. The van der Waals surface area contributed by atoms with Gasteiger partial charge in [-0.15, -0.1) is 0 Å². The molecule has 2 rings (SSSR count). The van der Waals surface area contributed by atoms with Gasteiger partial charge >= 0.3 is 0 Å². The SMILES string of the molecule is CC(O)C1CCN(Cc2cccc(/C(N)=N/O)c2)CC1. The number of aliphatic hydroxyl groups excluding tert-OH is 1. The van der Waals surface area contributed by atoms with Crippen LogP contribution in [0.25, 0.3) is 0 Å². The molecule has 0 aromatic heterocycles. The molecular weight excluding hydrogens is 254 g/mol. The number of nitrogens with zero attached hydrogens (tertiary/aromatic N) is 2. The zero-order valence-electron chi connectivity index (χ0n) is 11.9. The highest BCUT2D eigenvalue weighted by Gasteiger charge is 2.22. The summed E-state index contributed by atoms with van der Waals surface area (Å²) in [4.78, 5) is 2.38. The summed E-state index contributed by atoms with van der Waals surface area (Å²) in [7, 11) is 0. The van der Waals surface area contributed by atoms with Crippen LogP contribution in [0.1, 0.15) is 30.9 Å². The van der Waals surface area contributed by atoms with Gasteiger partial charge in [-0.25, -0.2) is 0 Å². The molecule has 1 aromatic carbocycles. The number of benzene rings is 1. The number of rotatable bonds is 4. The summed E-state index contributed by atoms with van der Waals surface area (Å²) in [5.74, 6) is 0.564. The average Bonchev–Trinajstić information content (AvgIpc) is 2.47. The number of hydrogen-bond donors (Lipinski definition) is 3. The van der Waals surface area contributed by atoms with Crippen molar-refractivity contribution >= 4 is 5.84 Å². The van der Waals surface area contributed by atoms with E-state index in [1.165, 1.54) is 0 Å². The first-order valence-corrected chi connectivity index (χ1v) is 7.07. The van der Waals surface area contributed by atoms with E-state index in [1.807, 2.05) is 25.1 Å². The van der Waals surface area contributed by atoms with Gasteiger partial charge in [0.2, 0.25) is 0 Å². The molecule has 1 unspecified atom stereocenters. The third-order valence-corrected chi connectivity index (χ3v) is 4.05. The topological polar surface area (TPSA) is 82.1 Å². The first-order valence-electron chi connectivity index (χ1n) is 7.07. The van der Waals surface area contributed by atoms with E-state index in [4.69, 9.17) is 10.9 Å². The molecule has 1 heterocycles. The Hall–Kier alpha value is -1.59. The molecule has 0 bridgehead atoms. The van der Waals surface area contributed by atoms with Gasteiger partial charge < -0.3 is 16.0 Å². The van der Waals surface area contributed by atoms with E-state index >= 15 is 0 Å². The maximum Gasteiger partial charge on any atom is 0.170 e. The fourth-order valence-corrected chi connectivity index (χ4v) is 2.74. The molecule has 1 atom stereocenters. The van der Waals surface area contributed by atoms with Crippen molar-refractivity contribution in [2.24, 2.45) is 16.8 Å². The van der Waals surface area contributed by atoms with Crippen molar-refractivity contribution in [1.82, 2.24) is 4.90 Å². The van der Waals surface area contributed by atoms with Gasteiger partial charge in [0.1, 0.15) is 0 Å². The predicted molar refractivity (Wildman–Crippen MR) is 78.6 cm³/mol. The van der Waals surface area contributed by atoms with E-state index in [9.17, 15) is 5.11 Å². The molecular formula is C15H23N3O2. The molecule has 0 aliphatic carbocycles. The molecule has 4 N–H and O–H groups in total. The van der Waals surface area contributed by atoms with Crippen molar-refractivity contribution in [3.05, 3.63) is 35.4 Å². The van der Waals surface area contributed by atoms with Crippen molar-refractivity contribution in [2.45, 2.75) is 32.4 Å². The quantitative estimate of drug-likeness (QED) is 0.336. The number of amidine groups is 1. The number of aliphatic hydroxyl groups is 1. The third kappa shape index (κ3) is 3.71. The van der Waals surface area contributed by atoms with Crippen LogP contribution in [0.15, 0.2) is 29.4 Å². The number of hydrogen-bond acceptors (Lipinski definition) is 4. The third-order valence-electron chi connectivity index (χ3n) is 4.05. The van der Waals surface area contributed by atoms with Crippen LogP contribution in [0.3, 0.4) is 0 Å². The largest absolute Gasteiger partial charge is 0.409 e. The van der Waals surface area contributed by atoms with Crippen molar-refractivity contribution in [3.8, 4) is 0 Å². The van der Waals surface area contributed by atoms with Gasteiger partial charge in [0.15, 0.2) is 5.84 Å². The fraction of sp³-hybridized carbons (Fsp3) is 0.533. The van der Waals surface area contributed by atoms with E-state index in [1.54, 1.807) is 0 Å². The summed E-state index contributed by atoms with van der Waals surface area (Å²) in [6, 6.07) is 7.76. The number of oxime groups is 1. The maximum atomic E-state index is 9.61. The molecule has 1 saturated heterocycles. The van der Waals surface area contributed by atoms with E-state index in [0.717, 1.165) is 43.6 Å². The molecule has 1 aliphatic rings. The maximum absolute atomic E-state index is 9.61. The Morgan fingerprint density at radius 3 is 2.75 bits per heavy atom. The Balaban J connectivity index is 1.94. The molecule has 5 nitrogen and oxygen atoms in total. The second-order valence-corrected chi connectivity index (χ2v) is 5.54. The van der Waals surface area contributed by atoms with Crippen molar-refractivity contribution < 1.29 is 10.3 Å². The minimum Gasteiger partial charge on any atom is -0.409 e. The van der Waals surface area contributed by atoms with Crippen LogP contribution in [-0.2, 0) is 6.54 Å². The van der Waals surface area contributed by atoms with Crippen molar-refractivity contribution in [1.29, 1.82) is 0 Å². The summed E-state index contributed by atoms with van der Waals surface area (Å²) in [6.45, 7) is 4.74. The zero-order valence-corrected chi connectivity index (χ0v) is 11.9. The van der Waals surface area contributed by atoms with E-state index in [2.05, 4.69) is 16.1 Å². The van der Waals surface area contributed by atoms with Gasteiger partial charge in [0, 0.05) is 12.1 Å². The highest BCUT2D eigenvalue weighted by Crippen LogP contribution is 2.22. The van der Waals surface area contributed by atoms with Crippen LogP contribution in [0.5, 0.6) is 0 Å². The monoisotopic (exact) mass is 277 g/mol. The lowest BCUT2D eigenvalue weighted by atomic mass is 9.92. The van der Waals surface area contributed by atoms with Crippen LogP contribution in [0.2, 0.25) is 0 Å². The van der Waals surface area contributed by atoms with E-state index in [-0.39, 0.29) is 11.9 Å². The van der Waals surface area contributed by atoms with Gasteiger partial charge in [-0.05, 0) is 50.4 Å². The highest BCUT2D eigenvalue weighted by molar-refractivity contribution is 5.97. The van der Waals surface area contributed by atoms with Gasteiger partial charge in [-0.2, -0.15) is 0 Å². The lowest BCUT2D eigenvalue weighted by Crippen LogP contribution is -2.36. The Labute approximate surface area is 119 Å². The van der Waals surface area contributed by atoms with Crippen LogP contribution in [0.4, 0.5) is 0 Å². The van der Waals surface area contributed by atoms with E-state index < -0.39 is 0 Å². The summed E-state index contributed by atoms with van der Waals surface area (Å²) >= 11 is 0. The smallest absolute Gasteiger partial charge is 0.170 e. The fourth-order valence-electron chi connectivity index (χ4n) is 2.74. The van der Waals surface area contributed by atoms with Crippen LogP contribution in [0, 0.1) is 5.92 Å². The lowest BCUT2D eigenvalue weighted by Gasteiger charge is -2.33. The minimum absolute atomic E-state index is 0.139. The first kappa shape index (κ1) is 14.8. The van der Waals surface area contributed by atoms with Gasteiger partial charge in [-0.3, -0.25) is 4.90 Å². The normalized spacial score (nSPS) is 20.0. The molecule has 0 spiro atoms. The first-order chi connectivity index (χ1) is 9.60. The second-order valence-electron chi connectivity index (χ2n) is 5.54. The standard InChI is InChI=1S/C15H23N3O2/c1-11(19)13-5-7-18(8-6-13)10-12-3-2-4-14(9-12)15(16)17-20/h2-4,9,11,13,19-20H,5-8,10H2,1H3,(H2,16,17). The molecule has 0 radical (unpaired) electrons. The number of likely N-dealkylation sites (tertiary alicyclic amines) is 1. The van der Waals surface area contributed by atoms with Crippen LogP contribution >= 0.6 is 0 Å². The molecule has 1 fully saturated rings. The Bertz CT molecular complexity index is 466.